The number of esters is 2. The maximum atomic E-state index is 13.2. The second kappa shape index (κ2) is 12.9. The Morgan fingerprint density at radius 2 is 1.48 bits per heavy atom. The van der Waals surface area contributed by atoms with Gasteiger partial charge in [0.1, 0.15) is 18.9 Å². The Hall–Kier alpha value is -4.73. The van der Waals surface area contributed by atoms with Crippen LogP contribution in [0.15, 0.2) is 83.3 Å². The van der Waals surface area contributed by atoms with Crippen LogP contribution in [-0.4, -0.2) is 45.9 Å². The quantitative estimate of drug-likeness (QED) is 0.281. The number of benzene rings is 2. The molecule has 0 saturated heterocycles. The van der Waals surface area contributed by atoms with Gasteiger partial charge in [-0.3, -0.25) is 4.79 Å². The van der Waals surface area contributed by atoms with Crippen LogP contribution in [0.5, 0.6) is 5.75 Å². The van der Waals surface area contributed by atoms with E-state index in [1.807, 2.05) is 12.1 Å². The molecule has 0 atom stereocenters. The molecule has 4 rings (SSSR count). The lowest BCUT2D eigenvalue weighted by Gasteiger charge is -2.31. The second-order valence-corrected chi connectivity index (χ2v) is 9.08. The Kier molecular flexibility index (Phi) is 9.11. The van der Waals surface area contributed by atoms with Crippen molar-refractivity contribution in [1.82, 2.24) is 20.3 Å². The molecule has 40 heavy (non-hydrogen) atoms. The number of carbonyl (C=O) groups excluding carboxylic acids is 3. The summed E-state index contributed by atoms with van der Waals surface area (Å²) in [5.41, 5.74) is 3.49. The molecule has 0 aliphatic carbocycles. The number of allylic oxidation sites excluding steroid dienone is 2. The highest BCUT2D eigenvalue weighted by molar-refractivity contribution is 6.00. The van der Waals surface area contributed by atoms with Crippen LogP contribution in [0.1, 0.15) is 55.2 Å². The number of aromatic nitrogens is 3. The van der Waals surface area contributed by atoms with Crippen LogP contribution in [-0.2, 0) is 32.2 Å². The minimum absolute atomic E-state index is 0.00251. The molecule has 2 aromatic carbocycles. The van der Waals surface area contributed by atoms with Crippen LogP contribution >= 0.6 is 0 Å². The van der Waals surface area contributed by atoms with Crippen LogP contribution < -0.4 is 10.1 Å². The van der Waals surface area contributed by atoms with Gasteiger partial charge < -0.3 is 19.5 Å². The maximum Gasteiger partial charge on any atom is 0.336 e. The van der Waals surface area contributed by atoms with Crippen molar-refractivity contribution in [3.8, 4) is 5.75 Å². The summed E-state index contributed by atoms with van der Waals surface area (Å²) in [6.07, 6.45) is 1.54. The molecule has 0 amide bonds. The van der Waals surface area contributed by atoms with E-state index in [0.29, 0.717) is 45.1 Å². The van der Waals surface area contributed by atoms with Crippen molar-refractivity contribution >= 4 is 17.7 Å². The largest absolute Gasteiger partial charge is 0.487 e. The van der Waals surface area contributed by atoms with Gasteiger partial charge in [0.2, 0.25) is 0 Å². The summed E-state index contributed by atoms with van der Waals surface area (Å²) in [5.74, 6) is -1.53. The average molecular weight is 545 g/mol. The normalized spacial score (nSPS) is 13.6. The lowest BCUT2D eigenvalue weighted by molar-refractivity contribution is -0.139. The lowest BCUT2D eigenvalue weighted by Crippen LogP contribution is -2.32. The van der Waals surface area contributed by atoms with E-state index in [4.69, 9.17) is 14.2 Å². The fourth-order valence-corrected chi connectivity index (χ4v) is 4.64. The molecule has 0 unspecified atom stereocenters. The highest BCUT2D eigenvalue weighted by atomic mass is 16.5. The Bertz CT molecular complexity index is 1420. The van der Waals surface area contributed by atoms with Gasteiger partial charge >= 0.3 is 11.9 Å². The minimum Gasteiger partial charge on any atom is -0.487 e. The fraction of sp³-hybridized carbons (Fsp3) is 0.300. The first-order chi connectivity index (χ1) is 19.3. The first kappa shape index (κ1) is 28.3. The molecule has 1 aliphatic rings. The number of Topliss-reactive ketones (excluding diaryl/α,β-unsaturated/α-hetero) is 1. The minimum atomic E-state index is -0.793. The molecule has 0 fully saturated rings. The first-order valence-corrected chi connectivity index (χ1v) is 13.1. The van der Waals surface area contributed by atoms with Crippen molar-refractivity contribution in [2.24, 2.45) is 0 Å². The third kappa shape index (κ3) is 6.12. The van der Waals surface area contributed by atoms with E-state index in [0.717, 1.165) is 0 Å². The van der Waals surface area contributed by atoms with Gasteiger partial charge in [0.15, 0.2) is 5.78 Å². The number of ether oxygens (including phenoxy) is 3. The zero-order valence-corrected chi connectivity index (χ0v) is 23.0. The molecule has 0 saturated carbocycles. The van der Waals surface area contributed by atoms with Gasteiger partial charge in [-0.05, 0) is 33.8 Å². The summed E-state index contributed by atoms with van der Waals surface area (Å²) >= 11 is 0. The van der Waals surface area contributed by atoms with Gasteiger partial charge in [-0.25, -0.2) is 14.3 Å². The standard InChI is InChI=1S/C30H32N4O6/c1-5-38-29(36)26-19(3)32-20(4)27(30(37)39-6-2)28(26)23-14-10-11-15-25(23)40-18-22-16-31-33-34(22)17-24(35)21-12-8-7-9-13-21/h7-16,28,32H,5-6,17-18H2,1-4H3. The van der Waals surface area contributed by atoms with Crippen LogP contribution in [0.4, 0.5) is 0 Å². The van der Waals surface area contributed by atoms with Gasteiger partial charge in [0.05, 0.1) is 42.2 Å². The number of para-hydroxylation sites is 1. The van der Waals surface area contributed by atoms with Crippen LogP contribution in [0.3, 0.4) is 0 Å². The SMILES string of the molecule is CCOC(=O)C1=C(C)NC(C)=C(C(=O)OCC)C1c1ccccc1OCc1cnnn1CC(=O)c1ccccc1. The molecule has 0 radical (unpaired) electrons. The molecule has 0 spiro atoms. The maximum absolute atomic E-state index is 13.2. The van der Waals surface area contributed by atoms with Gasteiger partial charge in [0.25, 0.3) is 0 Å². The molecular formula is C30H32N4O6. The summed E-state index contributed by atoms with van der Waals surface area (Å²) in [6, 6.07) is 16.1. The lowest BCUT2D eigenvalue weighted by atomic mass is 9.80. The Balaban J connectivity index is 1.66. The third-order valence-electron chi connectivity index (χ3n) is 6.44. The van der Waals surface area contributed by atoms with Gasteiger partial charge in [-0.1, -0.05) is 53.7 Å². The molecule has 10 heteroatoms. The topological polar surface area (TPSA) is 122 Å². The molecule has 0 bridgehead atoms. The Morgan fingerprint density at radius 3 is 2.10 bits per heavy atom. The molecule has 1 aliphatic heterocycles. The number of nitrogens with zero attached hydrogens (tertiary/aromatic N) is 3. The Labute approximate surface area is 232 Å². The number of hydrogen-bond acceptors (Lipinski definition) is 9. The average Bonchev–Trinajstić information content (AvgIpc) is 3.39. The monoisotopic (exact) mass is 544 g/mol. The summed E-state index contributed by atoms with van der Waals surface area (Å²) in [7, 11) is 0. The number of hydrogen-bond donors (Lipinski definition) is 1. The molecule has 2 heterocycles. The highest BCUT2D eigenvalue weighted by Gasteiger charge is 2.39. The molecular weight excluding hydrogens is 512 g/mol. The number of ketones is 1. The van der Waals surface area contributed by atoms with Crippen LogP contribution in [0.2, 0.25) is 0 Å². The van der Waals surface area contributed by atoms with Gasteiger partial charge in [-0.2, -0.15) is 0 Å². The number of carbonyl (C=O) groups is 3. The fourth-order valence-electron chi connectivity index (χ4n) is 4.64. The zero-order chi connectivity index (χ0) is 28.6. The second-order valence-electron chi connectivity index (χ2n) is 9.08. The van der Waals surface area contributed by atoms with E-state index >= 15 is 0 Å². The summed E-state index contributed by atoms with van der Waals surface area (Å²) in [5, 5.41) is 11.2. The van der Waals surface area contributed by atoms with E-state index < -0.39 is 17.9 Å². The smallest absolute Gasteiger partial charge is 0.336 e. The van der Waals surface area contributed by atoms with Crippen molar-refractivity contribution in [2.45, 2.75) is 46.8 Å². The number of rotatable bonds is 11. The molecule has 3 aromatic rings. The molecule has 208 valence electrons. The van der Waals surface area contributed by atoms with Gasteiger partial charge in [0, 0.05) is 22.5 Å². The Morgan fingerprint density at radius 1 is 0.875 bits per heavy atom. The first-order valence-electron chi connectivity index (χ1n) is 13.1. The van der Waals surface area contributed by atoms with E-state index in [9.17, 15) is 14.4 Å². The van der Waals surface area contributed by atoms with E-state index in [-0.39, 0.29) is 32.1 Å². The predicted molar refractivity (Wildman–Crippen MR) is 146 cm³/mol. The predicted octanol–water partition coefficient (Wildman–Crippen LogP) is 4.10. The summed E-state index contributed by atoms with van der Waals surface area (Å²) in [6.45, 7) is 7.39. The van der Waals surface area contributed by atoms with Crippen molar-refractivity contribution in [2.75, 3.05) is 13.2 Å². The number of dihydropyridines is 1. The van der Waals surface area contributed by atoms with Crippen LogP contribution in [0.25, 0.3) is 0 Å². The molecule has 1 aromatic heterocycles. The van der Waals surface area contributed by atoms with E-state index in [2.05, 4.69) is 15.6 Å². The summed E-state index contributed by atoms with van der Waals surface area (Å²) in [4.78, 5) is 39.0. The van der Waals surface area contributed by atoms with Crippen molar-refractivity contribution in [3.63, 3.8) is 0 Å². The van der Waals surface area contributed by atoms with Gasteiger partial charge in [-0.15, -0.1) is 5.10 Å². The highest BCUT2D eigenvalue weighted by Crippen LogP contribution is 2.42. The number of nitrogens with one attached hydrogen (secondary N) is 1. The van der Waals surface area contributed by atoms with E-state index in [1.54, 1.807) is 70.2 Å². The summed E-state index contributed by atoms with van der Waals surface area (Å²) < 4.78 is 18.5. The zero-order valence-electron chi connectivity index (χ0n) is 23.0. The van der Waals surface area contributed by atoms with Crippen molar-refractivity contribution < 1.29 is 28.6 Å². The van der Waals surface area contributed by atoms with Crippen molar-refractivity contribution in [3.05, 3.63) is 100 Å². The third-order valence-corrected chi connectivity index (χ3v) is 6.44. The van der Waals surface area contributed by atoms with E-state index in [1.165, 1.54) is 10.9 Å². The molecule has 1 N–H and O–H groups in total. The van der Waals surface area contributed by atoms with Crippen molar-refractivity contribution in [1.29, 1.82) is 0 Å². The molecule has 10 nitrogen and oxygen atoms in total. The van der Waals surface area contributed by atoms with Crippen LogP contribution in [0, 0.1) is 0 Å².